The van der Waals surface area contributed by atoms with E-state index < -0.39 is 0 Å². The molecule has 0 aromatic rings. The van der Waals surface area contributed by atoms with E-state index >= 15 is 0 Å². The molecule has 0 unspecified atom stereocenters. The summed E-state index contributed by atoms with van der Waals surface area (Å²) in [7, 11) is 0. The number of hydrogen-bond acceptors (Lipinski definition) is 1. The van der Waals surface area contributed by atoms with E-state index in [0.717, 1.165) is 12.0 Å². The van der Waals surface area contributed by atoms with Crippen molar-refractivity contribution in [2.24, 2.45) is 5.92 Å². The lowest BCUT2D eigenvalue weighted by Gasteiger charge is -2.34. The molecule has 0 spiro atoms. The fraction of sp³-hybridized carbons (Fsp3) is 1.00. The van der Waals surface area contributed by atoms with Crippen LogP contribution in [0.5, 0.6) is 0 Å². The smallest absolute Gasteiger partial charge is 0.00670 e. The van der Waals surface area contributed by atoms with Crippen LogP contribution in [0.4, 0.5) is 0 Å². The Bertz CT molecular complexity index is 109. The third kappa shape index (κ3) is 2.82. The highest BCUT2D eigenvalue weighted by Gasteiger charge is 2.17. The zero-order valence-corrected chi connectivity index (χ0v) is 8.14. The summed E-state index contributed by atoms with van der Waals surface area (Å²) in [6, 6.07) is 0.839. The Kier molecular flexibility index (Phi) is 3.38. The summed E-state index contributed by atoms with van der Waals surface area (Å²) in [6.07, 6.45) is 4.26. The molecular formula is C10H21N. The molecule has 1 nitrogen and oxygen atoms in total. The van der Waals surface area contributed by atoms with Gasteiger partial charge in [0.05, 0.1) is 0 Å². The summed E-state index contributed by atoms with van der Waals surface area (Å²) in [5, 5.41) is 0. The summed E-state index contributed by atoms with van der Waals surface area (Å²) >= 11 is 0. The Hall–Kier alpha value is -0.0400. The van der Waals surface area contributed by atoms with Gasteiger partial charge in [0.1, 0.15) is 0 Å². The SMILES string of the molecule is CC(C)CN1CCCC[C@H]1C. The summed E-state index contributed by atoms with van der Waals surface area (Å²) in [4.78, 5) is 2.63. The highest BCUT2D eigenvalue weighted by Crippen LogP contribution is 2.17. The minimum Gasteiger partial charge on any atom is -0.300 e. The van der Waals surface area contributed by atoms with Crippen molar-refractivity contribution >= 4 is 0 Å². The van der Waals surface area contributed by atoms with Crippen molar-refractivity contribution < 1.29 is 0 Å². The van der Waals surface area contributed by atoms with Gasteiger partial charge in [0.2, 0.25) is 0 Å². The molecule has 0 aromatic heterocycles. The average Bonchev–Trinajstić information content (AvgIpc) is 1.93. The normalized spacial score (nSPS) is 27.8. The highest BCUT2D eigenvalue weighted by atomic mass is 15.2. The van der Waals surface area contributed by atoms with Gasteiger partial charge in [0.15, 0.2) is 0 Å². The molecule has 66 valence electrons. The van der Waals surface area contributed by atoms with Gasteiger partial charge in [-0.1, -0.05) is 20.3 Å². The van der Waals surface area contributed by atoms with Crippen LogP contribution in [0.3, 0.4) is 0 Å². The van der Waals surface area contributed by atoms with E-state index in [1.807, 2.05) is 0 Å². The summed E-state index contributed by atoms with van der Waals surface area (Å²) in [5.74, 6) is 0.829. The molecule has 1 aliphatic rings. The maximum atomic E-state index is 2.63. The van der Waals surface area contributed by atoms with Gasteiger partial charge >= 0.3 is 0 Å². The topological polar surface area (TPSA) is 3.24 Å². The Labute approximate surface area is 70.8 Å². The van der Waals surface area contributed by atoms with Gasteiger partial charge in [-0.3, -0.25) is 0 Å². The van der Waals surface area contributed by atoms with Crippen LogP contribution in [-0.4, -0.2) is 24.0 Å². The molecule has 0 radical (unpaired) electrons. The van der Waals surface area contributed by atoms with E-state index in [-0.39, 0.29) is 0 Å². The van der Waals surface area contributed by atoms with E-state index in [1.165, 1.54) is 32.4 Å². The largest absolute Gasteiger partial charge is 0.300 e. The van der Waals surface area contributed by atoms with Crippen molar-refractivity contribution in [2.45, 2.75) is 46.1 Å². The second-order valence-corrected chi connectivity index (χ2v) is 4.23. The van der Waals surface area contributed by atoms with Crippen LogP contribution in [0, 0.1) is 5.92 Å². The van der Waals surface area contributed by atoms with Crippen LogP contribution in [0.25, 0.3) is 0 Å². The fourth-order valence-corrected chi connectivity index (χ4v) is 1.90. The quantitative estimate of drug-likeness (QED) is 0.592. The molecule has 1 heteroatoms. The van der Waals surface area contributed by atoms with Gasteiger partial charge in [-0.2, -0.15) is 0 Å². The first-order valence-corrected chi connectivity index (χ1v) is 4.94. The zero-order valence-electron chi connectivity index (χ0n) is 8.14. The molecule has 1 fully saturated rings. The van der Waals surface area contributed by atoms with Gasteiger partial charge in [-0.05, 0) is 32.2 Å². The second-order valence-electron chi connectivity index (χ2n) is 4.23. The number of nitrogens with zero attached hydrogens (tertiary/aromatic N) is 1. The predicted molar refractivity (Wildman–Crippen MR) is 49.7 cm³/mol. The lowest BCUT2D eigenvalue weighted by molar-refractivity contribution is 0.144. The lowest BCUT2D eigenvalue weighted by Crippen LogP contribution is -2.39. The number of piperidine rings is 1. The Morgan fingerprint density at radius 1 is 1.36 bits per heavy atom. The third-order valence-electron chi connectivity index (χ3n) is 2.54. The van der Waals surface area contributed by atoms with Crippen molar-refractivity contribution in [1.82, 2.24) is 4.90 Å². The molecule has 0 amide bonds. The average molecular weight is 155 g/mol. The van der Waals surface area contributed by atoms with Crippen LogP contribution in [0.15, 0.2) is 0 Å². The zero-order chi connectivity index (χ0) is 8.27. The number of rotatable bonds is 2. The monoisotopic (exact) mass is 155 g/mol. The maximum absolute atomic E-state index is 2.63. The second kappa shape index (κ2) is 4.10. The maximum Gasteiger partial charge on any atom is 0.00670 e. The number of likely N-dealkylation sites (tertiary alicyclic amines) is 1. The lowest BCUT2D eigenvalue weighted by atomic mass is 10.0. The molecule has 1 aliphatic heterocycles. The van der Waals surface area contributed by atoms with Crippen LogP contribution in [0.2, 0.25) is 0 Å². The summed E-state index contributed by atoms with van der Waals surface area (Å²) in [5.41, 5.74) is 0. The predicted octanol–water partition coefficient (Wildman–Crippen LogP) is 2.52. The van der Waals surface area contributed by atoms with Crippen LogP contribution in [-0.2, 0) is 0 Å². The molecule has 0 aromatic carbocycles. The fourth-order valence-electron chi connectivity index (χ4n) is 1.90. The molecule has 1 heterocycles. The van der Waals surface area contributed by atoms with E-state index in [4.69, 9.17) is 0 Å². The van der Waals surface area contributed by atoms with Crippen molar-refractivity contribution in [3.63, 3.8) is 0 Å². The van der Waals surface area contributed by atoms with Crippen molar-refractivity contribution in [1.29, 1.82) is 0 Å². The third-order valence-corrected chi connectivity index (χ3v) is 2.54. The van der Waals surface area contributed by atoms with E-state index in [0.29, 0.717) is 0 Å². The van der Waals surface area contributed by atoms with Crippen LogP contribution in [0.1, 0.15) is 40.0 Å². The van der Waals surface area contributed by atoms with Gasteiger partial charge in [-0.25, -0.2) is 0 Å². The Morgan fingerprint density at radius 3 is 2.64 bits per heavy atom. The van der Waals surface area contributed by atoms with Crippen molar-refractivity contribution in [3.8, 4) is 0 Å². The molecule has 0 saturated carbocycles. The van der Waals surface area contributed by atoms with Crippen molar-refractivity contribution in [2.75, 3.05) is 13.1 Å². The van der Waals surface area contributed by atoms with Crippen LogP contribution >= 0.6 is 0 Å². The van der Waals surface area contributed by atoms with Gasteiger partial charge in [0.25, 0.3) is 0 Å². The molecule has 1 atom stereocenters. The number of hydrogen-bond donors (Lipinski definition) is 0. The van der Waals surface area contributed by atoms with Gasteiger partial charge in [0, 0.05) is 12.6 Å². The van der Waals surface area contributed by atoms with E-state index in [1.54, 1.807) is 0 Å². The summed E-state index contributed by atoms with van der Waals surface area (Å²) in [6.45, 7) is 9.60. The first kappa shape index (κ1) is 9.05. The molecule has 1 saturated heterocycles. The standard InChI is InChI=1S/C10H21N/c1-9(2)8-11-7-5-4-6-10(11)3/h9-10H,4-8H2,1-3H3/t10-/m1/s1. The van der Waals surface area contributed by atoms with E-state index in [9.17, 15) is 0 Å². The molecule has 0 N–H and O–H groups in total. The molecule has 1 rings (SSSR count). The van der Waals surface area contributed by atoms with E-state index in [2.05, 4.69) is 25.7 Å². The van der Waals surface area contributed by atoms with Crippen LogP contribution < -0.4 is 0 Å². The van der Waals surface area contributed by atoms with Gasteiger partial charge < -0.3 is 4.90 Å². The Morgan fingerprint density at radius 2 is 2.09 bits per heavy atom. The first-order chi connectivity index (χ1) is 5.20. The van der Waals surface area contributed by atoms with Gasteiger partial charge in [-0.15, -0.1) is 0 Å². The highest BCUT2D eigenvalue weighted by molar-refractivity contribution is 4.73. The molecule has 0 aliphatic carbocycles. The van der Waals surface area contributed by atoms with Crippen molar-refractivity contribution in [3.05, 3.63) is 0 Å². The molecule has 0 bridgehead atoms. The molecule has 11 heavy (non-hydrogen) atoms. The Balaban J connectivity index is 2.29. The summed E-state index contributed by atoms with van der Waals surface area (Å²) < 4.78 is 0. The minimum absolute atomic E-state index is 0.829. The molecular weight excluding hydrogens is 134 g/mol. The first-order valence-electron chi connectivity index (χ1n) is 4.94. The minimum atomic E-state index is 0.829.